The monoisotopic (exact) mass is 519 g/mol. The van der Waals surface area contributed by atoms with Gasteiger partial charge in [0.25, 0.3) is 11.7 Å². The van der Waals surface area contributed by atoms with Crippen LogP contribution < -0.4 is 9.47 Å². The van der Waals surface area contributed by atoms with Gasteiger partial charge in [-0.05, 0) is 47.9 Å². The van der Waals surface area contributed by atoms with Gasteiger partial charge in [-0.15, -0.1) is 0 Å². The summed E-state index contributed by atoms with van der Waals surface area (Å²) in [5, 5.41) is 11.4. The van der Waals surface area contributed by atoms with Gasteiger partial charge in [0.05, 0.1) is 18.2 Å². The second-order valence-electron chi connectivity index (χ2n) is 9.22. The summed E-state index contributed by atoms with van der Waals surface area (Å²) in [5.41, 5.74) is 3.08. The van der Waals surface area contributed by atoms with E-state index in [4.69, 9.17) is 9.47 Å². The Kier molecular flexibility index (Phi) is 7.73. The number of nitrogens with zero attached hydrogens (tertiary/aromatic N) is 1. The van der Waals surface area contributed by atoms with E-state index in [1.807, 2.05) is 91.9 Å². The van der Waals surface area contributed by atoms with Gasteiger partial charge < -0.3 is 19.5 Å². The summed E-state index contributed by atoms with van der Waals surface area (Å²) < 4.78 is 11.5. The number of hydrogen-bond donors (Lipinski definition) is 1. The molecular weight excluding hydrogens is 490 g/mol. The van der Waals surface area contributed by atoms with Gasteiger partial charge in [0.1, 0.15) is 23.9 Å². The van der Waals surface area contributed by atoms with E-state index in [9.17, 15) is 14.7 Å². The van der Waals surface area contributed by atoms with E-state index in [0.29, 0.717) is 35.8 Å². The van der Waals surface area contributed by atoms with Crippen molar-refractivity contribution in [3.8, 4) is 11.5 Å². The molecule has 5 rings (SSSR count). The van der Waals surface area contributed by atoms with E-state index in [1.165, 1.54) is 4.90 Å². The molecule has 4 aromatic carbocycles. The predicted molar refractivity (Wildman–Crippen MR) is 149 cm³/mol. The molecule has 4 aromatic rings. The molecule has 0 radical (unpaired) electrons. The van der Waals surface area contributed by atoms with Crippen molar-refractivity contribution < 1.29 is 24.2 Å². The zero-order valence-electron chi connectivity index (χ0n) is 21.6. The molecule has 0 bridgehead atoms. The normalized spacial score (nSPS) is 16.3. The summed E-state index contributed by atoms with van der Waals surface area (Å²) in [6, 6.07) is 32.7. The minimum atomic E-state index is -0.774. The summed E-state index contributed by atoms with van der Waals surface area (Å²) in [6.45, 7) is 2.97. The van der Waals surface area contributed by atoms with Crippen LogP contribution in [0.25, 0.3) is 5.76 Å². The lowest BCUT2D eigenvalue weighted by Crippen LogP contribution is -2.29. The molecule has 0 saturated carbocycles. The number of Topliss-reactive ketones (excluding diaryl/α,β-unsaturated/α-hetero) is 1. The van der Waals surface area contributed by atoms with Gasteiger partial charge in [0.15, 0.2) is 0 Å². The highest BCUT2D eigenvalue weighted by Gasteiger charge is 2.46. The van der Waals surface area contributed by atoms with E-state index in [0.717, 1.165) is 11.1 Å². The number of amides is 1. The van der Waals surface area contributed by atoms with Crippen molar-refractivity contribution in [1.29, 1.82) is 0 Å². The number of ether oxygens (including phenoxy) is 2. The highest BCUT2D eigenvalue weighted by atomic mass is 16.5. The van der Waals surface area contributed by atoms with Crippen molar-refractivity contribution in [2.45, 2.75) is 26.1 Å². The minimum absolute atomic E-state index is 0.0440. The lowest BCUT2D eigenvalue weighted by Gasteiger charge is -2.25. The van der Waals surface area contributed by atoms with Crippen LogP contribution in [0.1, 0.15) is 35.2 Å². The minimum Gasteiger partial charge on any atom is -0.507 e. The van der Waals surface area contributed by atoms with Gasteiger partial charge in [-0.2, -0.15) is 0 Å². The lowest BCUT2D eigenvalue weighted by molar-refractivity contribution is -0.140. The lowest BCUT2D eigenvalue weighted by atomic mass is 9.95. The fraction of sp³-hybridized carbons (Fsp3) is 0.152. The average molecular weight is 520 g/mol. The van der Waals surface area contributed by atoms with Crippen molar-refractivity contribution in [2.75, 3.05) is 6.61 Å². The van der Waals surface area contributed by atoms with Crippen molar-refractivity contribution >= 4 is 17.4 Å². The van der Waals surface area contributed by atoms with Gasteiger partial charge in [-0.1, -0.05) is 84.9 Å². The van der Waals surface area contributed by atoms with Crippen LogP contribution in [0.3, 0.4) is 0 Å². The second-order valence-corrected chi connectivity index (χ2v) is 9.22. The number of likely N-dealkylation sites (tertiary alicyclic amines) is 1. The molecule has 1 amide bonds. The number of hydrogen-bond acceptors (Lipinski definition) is 5. The summed E-state index contributed by atoms with van der Waals surface area (Å²) in [5.74, 6) is -0.390. The largest absolute Gasteiger partial charge is 0.507 e. The number of benzene rings is 4. The van der Waals surface area contributed by atoms with Crippen molar-refractivity contribution in [3.63, 3.8) is 0 Å². The van der Waals surface area contributed by atoms with Crippen LogP contribution in [-0.2, 0) is 22.7 Å². The smallest absolute Gasteiger partial charge is 0.295 e. The van der Waals surface area contributed by atoms with Crippen LogP contribution in [0.2, 0.25) is 0 Å². The zero-order chi connectivity index (χ0) is 27.2. The van der Waals surface area contributed by atoms with Gasteiger partial charge >= 0.3 is 0 Å². The summed E-state index contributed by atoms with van der Waals surface area (Å²) in [4.78, 5) is 28.2. The first-order valence-electron chi connectivity index (χ1n) is 12.9. The molecule has 1 N–H and O–H groups in total. The van der Waals surface area contributed by atoms with Gasteiger partial charge in [0.2, 0.25) is 0 Å². The molecule has 1 heterocycles. The van der Waals surface area contributed by atoms with E-state index in [1.54, 1.807) is 24.3 Å². The molecule has 0 spiro atoms. The third-order valence-corrected chi connectivity index (χ3v) is 6.60. The third-order valence-electron chi connectivity index (χ3n) is 6.60. The Morgan fingerprint density at radius 3 is 2.10 bits per heavy atom. The number of aliphatic hydroxyl groups excluding tert-OH is 1. The van der Waals surface area contributed by atoms with E-state index >= 15 is 0 Å². The standard InChI is InChI=1S/C33H29NO5/c1-2-38-28-15-9-14-26(20-28)31(35)29-30(34(33(37)32(29)36)21-23-10-5-3-6-11-23)25-16-18-27(19-17-25)39-22-24-12-7-4-8-13-24/h3-20,30,35H,2,21-22H2,1H3. The molecule has 1 saturated heterocycles. The zero-order valence-corrected chi connectivity index (χ0v) is 21.6. The van der Waals surface area contributed by atoms with Crippen LogP contribution in [-0.4, -0.2) is 28.3 Å². The van der Waals surface area contributed by atoms with Crippen LogP contribution >= 0.6 is 0 Å². The molecule has 0 aliphatic carbocycles. The summed E-state index contributed by atoms with van der Waals surface area (Å²) >= 11 is 0. The Morgan fingerprint density at radius 1 is 0.769 bits per heavy atom. The first kappa shape index (κ1) is 25.8. The number of aliphatic hydroxyl groups is 1. The molecule has 1 aliphatic rings. The molecule has 196 valence electrons. The van der Waals surface area contributed by atoms with Crippen LogP contribution in [0, 0.1) is 0 Å². The highest BCUT2D eigenvalue weighted by Crippen LogP contribution is 2.41. The Hall–Kier alpha value is -4.84. The van der Waals surface area contributed by atoms with Crippen LogP contribution in [0.15, 0.2) is 115 Å². The Balaban J connectivity index is 1.52. The predicted octanol–water partition coefficient (Wildman–Crippen LogP) is 6.29. The first-order chi connectivity index (χ1) is 19.0. The molecule has 1 fully saturated rings. The molecule has 6 heteroatoms. The Bertz CT molecular complexity index is 1480. The Labute approximate surface area is 227 Å². The summed E-state index contributed by atoms with van der Waals surface area (Å²) in [7, 11) is 0. The van der Waals surface area contributed by atoms with E-state index in [-0.39, 0.29) is 17.9 Å². The average Bonchev–Trinajstić information content (AvgIpc) is 3.22. The molecule has 1 atom stereocenters. The molecule has 0 aromatic heterocycles. The maximum absolute atomic E-state index is 13.4. The van der Waals surface area contributed by atoms with Gasteiger partial charge in [0, 0.05) is 12.1 Å². The Morgan fingerprint density at radius 2 is 1.44 bits per heavy atom. The van der Waals surface area contributed by atoms with Crippen molar-refractivity contribution in [2.24, 2.45) is 0 Å². The molecule has 6 nitrogen and oxygen atoms in total. The number of rotatable bonds is 9. The second kappa shape index (κ2) is 11.7. The fourth-order valence-electron chi connectivity index (χ4n) is 4.71. The number of carbonyl (C=O) groups is 2. The molecule has 1 unspecified atom stereocenters. The number of ketones is 1. The summed E-state index contributed by atoms with van der Waals surface area (Å²) in [6.07, 6.45) is 0. The quantitative estimate of drug-likeness (QED) is 0.160. The maximum Gasteiger partial charge on any atom is 0.295 e. The van der Waals surface area contributed by atoms with Crippen molar-refractivity contribution in [1.82, 2.24) is 4.90 Å². The van der Waals surface area contributed by atoms with E-state index in [2.05, 4.69) is 0 Å². The van der Waals surface area contributed by atoms with Gasteiger partial charge in [-0.3, -0.25) is 9.59 Å². The molecular formula is C33H29NO5. The molecule has 39 heavy (non-hydrogen) atoms. The van der Waals surface area contributed by atoms with E-state index < -0.39 is 17.7 Å². The SMILES string of the molecule is CCOc1cccc(C(O)=C2C(=O)C(=O)N(Cc3ccccc3)C2c2ccc(OCc3ccccc3)cc2)c1. The number of carbonyl (C=O) groups excluding carboxylic acids is 2. The topological polar surface area (TPSA) is 76.1 Å². The first-order valence-corrected chi connectivity index (χ1v) is 12.9. The van der Waals surface area contributed by atoms with Crippen molar-refractivity contribution in [3.05, 3.63) is 137 Å². The maximum atomic E-state index is 13.4. The molecule has 1 aliphatic heterocycles. The van der Waals surface area contributed by atoms with Gasteiger partial charge in [-0.25, -0.2) is 0 Å². The fourth-order valence-corrected chi connectivity index (χ4v) is 4.71. The van der Waals surface area contributed by atoms with Crippen LogP contribution in [0.5, 0.6) is 11.5 Å². The third kappa shape index (κ3) is 5.70. The highest BCUT2D eigenvalue weighted by molar-refractivity contribution is 6.46. The van der Waals surface area contributed by atoms with Crippen LogP contribution in [0.4, 0.5) is 0 Å².